The molecule has 2 nitrogen and oxygen atoms in total. The number of esters is 1. The second-order valence-corrected chi connectivity index (χ2v) is 10.6. The molecular formula is C30H46O2. The van der Waals surface area contributed by atoms with Crippen LogP contribution in [0.5, 0.6) is 0 Å². The summed E-state index contributed by atoms with van der Waals surface area (Å²) < 4.78 is 5.84. The zero-order valence-corrected chi connectivity index (χ0v) is 20.7. The average molecular weight is 439 g/mol. The second-order valence-electron chi connectivity index (χ2n) is 10.6. The van der Waals surface area contributed by atoms with Crippen LogP contribution in [0.25, 0.3) is 0 Å². The van der Waals surface area contributed by atoms with E-state index in [9.17, 15) is 4.79 Å². The fourth-order valence-corrected chi connectivity index (χ4v) is 5.74. The van der Waals surface area contributed by atoms with Crippen molar-refractivity contribution in [1.82, 2.24) is 0 Å². The molecule has 0 aromatic heterocycles. The van der Waals surface area contributed by atoms with Gasteiger partial charge in [0, 0.05) is 0 Å². The summed E-state index contributed by atoms with van der Waals surface area (Å²) in [6.07, 6.45) is 18.8. The van der Waals surface area contributed by atoms with Crippen LogP contribution in [0.1, 0.15) is 120 Å². The largest absolute Gasteiger partial charge is 0.459 e. The molecule has 0 amide bonds. The zero-order chi connectivity index (χ0) is 22.8. The highest BCUT2D eigenvalue weighted by molar-refractivity contribution is 5.89. The van der Waals surface area contributed by atoms with Gasteiger partial charge in [-0.1, -0.05) is 76.7 Å². The molecule has 2 fully saturated rings. The summed E-state index contributed by atoms with van der Waals surface area (Å²) in [5.74, 6) is 2.50. The molecule has 2 aliphatic rings. The van der Waals surface area contributed by atoms with Gasteiger partial charge in [-0.25, -0.2) is 4.79 Å². The summed E-state index contributed by atoms with van der Waals surface area (Å²) >= 11 is 0. The first-order valence-electron chi connectivity index (χ1n) is 13.5. The van der Waals surface area contributed by atoms with Crippen molar-refractivity contribution in [2.24, 2.45) is 17.8 Å². The number of hydrogen-bond acceptors (Lipinski definition) is 2. The van der Waals surface area contributed by atoms with E-state index < -0.39 is 0 Å². The summed E-state index contributed by atoms with van der Waals surface area (Å²) in [7, 11) is 0. The van der Waals surface area contributed by atoms with Crippen LogP contribution in [0.3, 0.4) is 0 Å². The Morgan fingerprint density at radius 1 is 0.844 bits per heavy atom. The van der Waals surface area contributed by atoms with E-state index in [1.165, 1.54) is 75.3 Å². The Labute approximate surface area is 197 Å². The molecule has 0 spiro atoms. The molecule has 1 aromatic carbocycles. The Morgan fingerprint density at radius 3 is 2.00 bits per heavy atom. The molecule has 0 N–H and O–H groups in total. The van der Waals surface area contributed by atoms with Crippen molar-refractivity contribution in [3.05, 3.63) is 47.5 Å². The van der Waals surface area contributed by atoms with E-state index >= 15 is 0 Å². The van der Waals surface area contributed by atoms with Gasteiger partial charge in [-0.3, -0.25) is 0 Å². The van der Waals surface area contributed by atoms with E-state index in [4.69, 9.17) is 4.74 Å². The number of carbonyl (C=O) groups excluding carboxylic acids is 1. The first-order valence-corrected chi connectivity index (χ1v) is 13.5. The Bertz CT molecular complexity index is 688. The first kappa shape index (κ1) is 25.1. The third-order valence-electron chi connectivity index (χ3n) is 8.17. The van der Waals surface area contributed by atoms with Crippen LogP contribution in [-0.4, -0.2) is 12.1 Å². The molecule has 2 saturated carbocycles. The van der Waals surface area contributed by atoms with Crippen molar-refractivity contribution < 1.29 is 9.53 Å². The van der Waals surface area contributed by atoms with Gasteiger partial charge in [0.25, 0.3) is 0 Å². The first-order chi connectivity index (χ1) is 15.6. The maximum Gasteiger partial charge on any atom is 0.338 e. The molecule has 1 aromatic rings. The van der Waals surface area contributed by atoms with Gasteiger partial charge in [0.05, 0.1) is 5.56 Å². The number of aryl methyl sites for hydroxylation is 1. The van der Waals surface area contributed by atoms with Gasteiger partial charge in [0.1, 0.15) is 6.10 Å². The molecule has 3 rings (SSSR count). The van der Waals surface area contributed by atoms with Crippen molar-refractivity contribution in [3.63, 3.8) is 0 Å². The molecule has 0 bridgehead atoms. The van der Waals surface area contributed by atoms with Crippen molar-refractivity contribution in [2.45, 2.75) is 116 Å². The maximum absolute atomic E-state index is 12.6. The molecule has 0 aliphatic heterocycles. The van der Waals surface area contributed by atoms with Crippen LogP contribution in [-0.2, 0) is 11.2 Å². The fourth-order valence-electron chi connectivity index (χ4n) is 5.74. The molecule has 178 valence electrons. The lowest BCUT2D eigenvalue weighted by atomic mass is 9.78. The minimum atomic E-state index is -0.145. The van der Waals surface area contributed by atoms with E-state index in [2.05, 4.69) is 32.6 Å². The predicted octanol–water partition coefficient (Wildman–Crippen LogP) is 8.69. The molecular weight excluding hydrogens is 392 g/mol. The van der Waals surface area contributed by atoms with Gasteiger partial charge in [0.2, 0.25) is 0 Å². The number of carbonyl (C=O) groups is 1. The van der Waals surface area contributed by atoms with Crippen LogP contribution in [0.4, 0.5) is 0 Å². The molecule has 0 radical (unpaired) electrons. The van der Waals surface area contributed by atoms with Gasteiger partial charge in [-0.2, -0.15) is 0 Å². The summed E-state index contributed by atoms with van der Waals surface area (Å²) in [6.45, 7) is 8.62. The van der Waals surface area contributed by atoms with E-state index in [0.717, 1.165) is 49.9 Å². The smallest absolute Gasteiger partial charge is 0.338 e. The normalized spacial score (nSPS) is 25.9. The summed E-state index contributed by atoms with van der Waals surface area (Å²) in [5, 5.41) is 0. The predicted molar refractivity (Wildman–Crippen MR) is 135 cm³/mol. The highest BCUT2D eigenvalue weighted by Crippen LogP contribution is 2.34. The molecule has 0 unspecified atom stereocenters. The zero-order valence-electron chi connectivity index (χ0n) is 20.7. The molecule has 0 saturated heterocycles. The number of allylic oxidation sites excluding steroid dienone is 1. The highest BCUT2D eigenvalue weighted by atomic mass is 16.5. The van der Waals surface area contributed by atoms with Crippen LogP contribution < -0.4 is 0 Å². The van der Waals surface area contributed by atoms with Gasteiger partial charge >= 0.3 is 5.97 Å². The van der Waals surface area contributed by atoms with Crippen molar-refractivity contribution >= 4 is 5.97 Å². The Kier molecular flexibility index (Phi) is 10.3. The van der Waals surface area contributed by atoms with Crippen LogP contribution in [0.15, 0.2) is 36.4 Å². The van der Waals surface area contributed by atoms with Crippen molar-refractivity contribution in [2.75, 3.05) is 0 Å². The number of rotatable bonds is 11. The molecule has 32 heavy (non-hydrogen) atoms. The Hall–Kier alpha value is -1.57. The van der Waals surface area contributed by atoms with E-state index in [1.807, 2.05) is 12.1 Å². The average Bonchev–Trinajstić information content (AvgIpc) is 2.83. The third-order valence-corrected chi connectivity index (χ3v) is 8.17. The Morgan fingerprint density at radius 2 is 1.41 bits per heavy atom. The monoisotopic (exact) mass is 438 g/mol. The minimum absolute atomic E-state index is 0.0932. The molecule has 0 heterocycles. The third kappa shape index (κ3) is 8.09. The standard InChI is InChI=1S/C30H46O2/c1-4-6-24-9-11-26(12-10-24)13-14-27-15-19-28(20-16-27)30(31)32-29-21-17-25(18-22-29)8-7-23(3)5-2/h15-16,19-20,24-26,29H,3-14,17-18,21-22H2,1-2H3. The lowest BCUT2D eigenvalue weighted by Gasteiger charge is -2.28. The maximum atomic E-state index is 12.6. The lowest BCUT2D eigenvalue weighted by Crippen LogP contribution is -2.24. The van der Waals surface area contributed by atoms with Gasteiger partial charge < -0.3 is 4.74 Å². The highest BCUT2D eigenvalue weighted by Gasteiger charge is 2.24. The number of benzene rings is 1. The van der Waals surface area contributed by atoms with Gasteiger partial charge in [0.15, 0.2) is 0 Å². The molecule has 0 atom stereocenters. The minimum Gasteiger partial charge on any atom is -0.459 e. The van der Waals surface area contributed by atoms with Crippen molar-refractivity contribution in [3.8, 4) is 0 Å². The van der Waals surface area contributed by atoms with Gasteiger partial charge in [-0.15, -0.1) is 0 Å². The van der Waals surface area contributed by atoms with Crippen LogP contribution >= 0.6 is 0 Å². The SMILES string of the molecule is C=C(CC)CCC1CCC(OC(=O)c2ccc(CCC3CCC(CCC)CC3)cc2)CC1. The number of ether oxygens (including phenoxy) is 1. The molecule has 2 heteroatoms. The van der Waals surface area contributed by atoms with Gasteiger partial charge in [-0.05, 0) is 93.2 Å². The Balaban J connectivity index is 1.35. The van der Waals surface area contributed by atoms with Crippen molar-refractivity contribution in [1.29, 1.82) is 0 Å². The van der Waals surface area contributed by atoms with E-state index in [1.54, 1.807) is 0 Å². The van der Waals surface area contributed by atoms with E-state index in [0.29, 0.717) is 5.56 Å². The second kappa shape index (κ2) is 13.2. The van der Waals surface area contributed by atoms with Crippen LogP contribution in [0, 0.1) is 17.8 Å². The lowest BCUT2D eigenvalue weighted by molar-refractivity contribution is 0.0162. The van der Waals surface area contributed by atoms with E-state index in [-0.39, 0.29) is 12.1 Å². The quantitative estimate of drug-likeness (QED) is 0.255. The number of hydrogen-bond donors (Lipinski definition) is 0. The fraction of sp³-hybridized carbons (Fsp3) is 0.700. The summed E-state index contributed by atoms with van der Waals surface area (Å²) in [4.78, 5) is 12.6. The summed E-state index contributed by atoms with van der Waals surface area (Å²) in [6, 6.07) is 8.21. The topological polar surface area (TPSA) is 26.3 Å². The summed E-state index contributed by atoms with van der Waals surface area (Å²) in [5.41, 5.74) is 3.42. The van der Waals surface area contributed by atoms with Crippen LogP contribution in [0.2, 0.25) is 0 Å². The molecule has 2 aliphatic carbocycles.